The van der Waals surface area contributed by atoms with E-state index in [0.717, 1.165) is 0 Å². The van der Waals surface area contributed by atoms with Crippen LogP contribution in [-0.2, 0) is 0 Å². The molecule has 0 unspecified atom stereocenters. The monoisotopic (exact) mass is 175 g/mol. The van der Waals surface area contributed by atoms with Gasteiger partial charge in [0.25, 0.3) is 0 Å². The van der Waals surface area contributed by atoms with E-state index in [1.807, 2.05) is 20.0 Å². The Kier molecular flexibility index (Phi) is 3.13. The highest BCUT2D eigenvalue weighted by atomic mass is 14.7. The Labute approximate surface area is 79.8 Å². The molecule has 1 aromatic carbocycles. The van der Waals surface area contributed by atoms with Crippen molar-refractivity contribution < 1.29 is 0 Å². The minimum atomic E-state index is 1.23. The number of aromatic amines is 1. The first kappa shape index (κ1) is 9.85. The zero-order chi connectivity index (χ0) is 9.84. The molecule has 1 heterocycles. The Balaban J connectivity index is 0.000000396. The topological polar surface area (TPSA) is 15.8 Å². The third kappa shape index (κ3) is 1.92. The molecule has 1 nitrogen and oxygen atoms in total. The molecule has 2 rings (SSSR count). The van der Waals surface area contributed by atoms with Gasteiger partial charge in [-0.05, 0) is 31.5 Å². The van der Waals surface area contributed by atoms with E-state index in [0.29, 0.717) is 0 Å². The van der Waals surface area contributed by atoms with Gasteiger partial charge in [0, 0.05) is 17.1 Å². The number of hydrogen-bond acceptors (Lipinski definition) is 0. The van der Waals surface area contributed by atoms with Crippen LogP contribution in [0, 0.1) is 13.8 Å². The van der Waals surface area contributed by atoms with Crippen LogP contribution in [0.2, 0.25) is 0 Å². The van der Waals surface area contributed by atoms with Gasteiger partial charge in [0.2, 0.25) is 0 Å². The quantitative estimate of drug-likeness (QED) is 0.626. The van der Waals surface area contributed by atoms with Crippen molar-refractivity contribution in [1.82, 2.24) is 4.98 Å². The van der Waals surface area contributed by atoms with Gasteiger partial charge >= 0.3 is 0 Å². The highest BCUT2D eigenvalue weighted by Gasteiger charge is 1.97. The van der Waals surface area contributed by atoms with Crippen LogP contribution in [0.1, 0.15) is 25.0 Å². The van der Waals surface area contributed by atoms with Crippen LogP contribution in [0.3, 0.4) is 0 Å². The number of H-pyrrole nitrogens is 1. The lowest BCUT2D eigenvalue weighted by Gasteiger charge is -1.92. The fourth-order valence-corrected chi connectivity index (χ4v) is 1.37. The van der Waals surface area contributed by atoms with Gasteiger partial charge in [-0.25, -0.2) is 0 Å². The summed E-state index contributed by atoms with van der Waals surface area (Å²) in [5, 5.41) is 1.34. The van der Waals surface area contributed by atoms with Crippen molar-refractivity contribution in [2.45, 2.75) is 27.7 Å². The van der Waals surface area contributed by atoms with Crippen LogP contribution in [0.5, 0.6) is 0 Å². The van der Waals surface area contributed by atoms with Crippen LogP contribution in [-0.4, -0.2) is 4.98 Å². The summed E-state index contributed by atoms with van der Waals surface area (Å²) >= 11 is 0. The molecule has 0 spiro atoms. The summed E-state index contributed by atoms with van der Waals surface area (Å²) in [7, 11) is 0. The number of aryl methyl sites for hydroxylation is 2. The van der Waals surface area contributed by atoms with E-state index in [-0.39, 0.29) is 0 Å². The van der Waals surface area contributed by atoms with Gasteiger partial charge in [0.15, 0.2) is 0 Å². The minimum Gasteiger partial charge on any atom is -0.361 e. The number of rotatable bonds is 0. The lowest BCUT2D eigenvalue weighted by Crippen LogP contribution is -1.72. The second-order valence-electron chi connectivity index (χ2n) is 3.02. The first-order chi connectivity index (χ1) is 6.27. The lowest BCUT2D eigenvalue weighted by molar-refractivity contribution is 1.42. The highest BCUT2D eigenvalue weighted by molar-refractivity contribution is 5.83. The predicted molar refractivity (Wildman–Crippen MR) is 59.1 cm³/mol. The molecule has 1 heteroatoms. The molecule has 0 saturated carbocycles. The molecule has 1 N–H and O–H groups in total. The SMILES string of the molecule is CC.Cc1ccc2[nH]cc(C)c2c1. The highest BCUT2D eigenvalue weighted by Crippen LogP contribution is 2.17. The molecule has 70 valence electrons. The normalized spacial score (nSPS) is 9.54. The second-order valence-corrected chi connectivity index (χ2v) is 3.02. The van der Waals surface area contributed by atoms with Gasteiger partial charge in [-0.2, -0.15) is 0 Å². The summed E-state index contributed by atoms with van der Waals surface area (Å²) in [6.45, 7) is 8.24. The van der Waals surface area contributed by atoms with E-state index < -0.39 is 0 Å². The Bertz CT molecular complexity index is 385. The largest absolute Gasteiger partial charge is 0.361 e. The lowest BCUT2D eigenvalue weighted by atomic mass is 10.1. The number of aromatic nitrogens is 1. The average molecular weight is 175 g/mol. The van der Waals surface area contributed by atoms with Crippen LogP contribution in [0.15, 0.2) is 24.4 Å². The van der Waals surface area contributed by atoms with E-state index in [1.54, 1.807) is 0 Å². The van der Waals surface area contributed by atoms with Crippen molar-refractivity contribution in [1.29, 1.82) is 0 Å². The van der Waals surface area contributed by atoms with Crippen molar-refractivity contribution in [2.75, 3.05) is 0 Å². The fourth-order valence-electron chi connectivity index (χ4n) is 1.37. The maximum atomic E-state index is 3.22. The maximum absolute atomic E-state index is 3.22. The molecule has 0 atom stereocenters. The summed E-state index contributed by atoms with van der Waals surface area (Å²) in [5.41, 5.74) is 3.87. The van der Waals surface area contributed by atoms with Crippen molar-refractivity contribution >= 4 is 10.9 Å². The zero-order valence-electron chi connectivity index (χ0n) is 8.81. The Morgan fingerprint density at radius 1 is 1.08 bits per heavy atom. The molecule has 0 amide bonds. The Hall–Kier alpha value is -1.24. The molecule has 1 aromatic heterocycles. The molecule has 0 aliphatic heterocycles. The second kappa shape index (κ2) is 4.13. The Morgan fingerprint density at radius 2 is 1.77 bits per heavy atom. The predicted octanol–water partition coefficient (Wildman–Crippen LogP) is 3.81. The summed E-state index contributed by atoms with van der Waals surface area (Å²) < 4.78 is 0. The van der Waals surface area contributed by atoms with Crippen LogP contribution < -0.4 is 0 Å². The zero-order valence-corrected chi connectivity index (χ0v) is 8.81. The first-order valence-electron chi connectivity index (χ1n) is 4.82. The Morgan fingerprint density at radius 3 is 2.46 bits per heavy atom. The van der Waals surface area contributed by atoms with Gasteiger partial charge in [-0.3, -0.25) is 0 Å². The van der Waals surface area contributed by atoms with Gasteiger partial charge < -0.3 is 4.98 Å². The van der Waals surface area contributed by atoms with Crippen molar-refractivity contribution in [3.63, 3.8) is 0 Å². The van der Waals surface area contributed by atoms with Crippen molar-refractivity contribution in [3.05, 3.63) is 35.5 Å². The number of hydrogen-bond donors (Lipinski definition) is 1. The molecular weight excluding hydrogens is 158 g/mol. The molecule has 0 saturated heterocycles. The van der Waals surface area contributed by atoms with Crippen LogP contribution in [0.4, 0.5) is 0 Å². The van der Waals surface area contributed by atoms with Gasteiger partial charge in [-0.1, -0.05) is 25.5 Å². The van der Waals surface area contributed by atoms with Crippen molar-refractivity contribution in [2.24, 2.45) is 0 Å². The van der Waals surface area contributed by atoms with E-state index in [9.17, 15) is 0 Å². The summed E-state index contributed by atoms with van der Waals surface area (Å²) in [5.74, 6) is 0. The molecule has 0 bridgehead atoms. The third-order valence-corrected chi connectivity index (χ3v) is 2.04. The smallest absolute Gasteiger partial charge is 0.0456 e. The van der Waals surface area contributed by atoms with Gasteiger partial charge in [-0.15, -0.1) is 0 Å². The molecular formula is C12H17N. The number of nitrogens with one attached hydrogen (secondary N) is 1. The summed E-state index contributed by atoms with van der Waals surface area (Å²) in [4.78, 5) is 3.22. The van der Waals surface area contributed by atoms with E-state index >= 15 is 0 Å². The summed E-state index contributed by atoms with van der Waals surface area (Å²) in [6.07, 6.45) is 2.05. The van der Waals surface area contributed by atoms with Crippen LogP contribution in [0.25, 0.3) is 10.9 Å². The number of fused-ring (bicyclic) bond motifs is 1. The molecule has 13 heavy (non-hydrogen) atoms. The summed E-state index contributed by atoms with van der Waals surface area (Å²) in [6, 6.07) is 6.46. The molecule has 0 radical (unpaired) electrons. The number of benzene rings is 1. The first-order valence-corrected chi connectivity index (χ1v) is 4.82. The minimum absolute atomic E-state index is 1.23. The van der Waals surface area contributed by atoms with Crippen LogP contribution >= 0.6 is 0 Å². The molecule has 2 aromatic rings. The molecule has 0 fully saturated rings. The third-order valence-electron chi connectivity index (χ3n) is 2.04. The van der Waals surface area contributed by atoms with Gasteiger partial charge in [0.1, 0.15) is 0 Å². The molecule has 0 aliphatic rings. The molecule has 0 aliphatic carbocycles. The average Bonchev–Trinajstić information content (AvgIpc) is 2.52. The fraction of sp³-hybridized carbons (Fsp3) is 0.333. The van der Waals surface area contributed by atoms with Crippen molar-refractivity contribution in [3.8, 4) is 0 Å². The standard InChI is InChI=1S/C10H11N.C2H6/c1-7-3-4-10-9(5-7)8(2)6-11-10;1-2/h3-6,11H,1-2H3;1-2H3. The van der Waals surface area contributed by atoms with Gasteiger partial charge in [0.05, 0.1) is 0 Å². The van der Waals surface area contributed by atoms with E-state index in [4.69, 9.17) is 0 Å². The van der Waals surface area contributed by atoms with E-state index in [1.165, 1.54) is 22.0 Å². The maximum Gasteiger partial charge on any atom is 0.0456 e. The van der Waals surface area contributed by atoms with E-state index in [2.05, 4.69) is 37.0 Å².